The molecule has 1 heterocycles. The van der Waals surface area contributed by atoms with E-state index >= 15 is 0 Å². The molecule has 0 aromatic heterocycles. The van der Waals surface area contributed by atoms with Crippen LogP contribution in [0.4, 0.5) is 0 Å². The van der Waals surface area contributed by atoms with Crippen LogP contribution in [0.15, 0.2) is 35.9 Å². The molecule has 1 amide bonds. The SMILES string of the molecule is CC(C)=CC(=O)NCc1ccccc1CN1C[C@@H](C)O[C@H](C)C1. The van der Waals surface area contributed by atoms with Crippen molar-refractivity contribution < 1.29 is 9.53 Å². The molecular formula is C19H28N2O2. The van der Waals surface area contributed by atoms with Gasteiger partial charge in [-0.2, -0.15) is 0 Å². The quantitative estimate of drug-likeness (QED) is 0.849. The summed E-state index contributed by atoms with van der Waals surface area (Å²) in [7, 11) is 0. The Balaban J connectivity index is 2.00. The molecule has 4 nitrogen and oxygen atoms in total. The van der Waals surface area contributed by atoms with E-state index in [0.29, 0.717) is 6.54 Å². The van der Waals surface area contributed by atoms with Crippen LogP contribution in [-0.2, 0) is 22.6 Å². The molecule has 0 aliphatic carbocycles. The van der Waals surface area contributed by atoms with E-state index in [9.17, 15) is 4.79 Å². The number of carbonyl (C=O) groups excluding carboxylic acids is 1. The first-order valence-electron chi connectivity index (χ1n) is 8.31. The molecule has 4 heteroatoms. The van der Waals surface area contributed by atoms with Gasteiger partial charge in [0.2, 0.25) is 5.91 Å². The highest BCUT2D eigenvalue weighted by Gasteiger charge is 2.22. The third-order valence-corrected chi connectivity index (χ3v) is 3.88. The number of allylic oxidation sites excluding steroid dienone is 1. The van der Waals surface area contributed by atoms with Gasteiger partial charge in [-0.3, -0.25) is 9.69 Å². The van der Waals surface area contributed by atoms with Gasteiger partial charge < -0.3 is 10.1 Å². The second kappa shape index (κ2) is 8.27. The number of nitrogens with zero attached hydrogens (tertiary/aromatic N) is 1. The van der Waals surface area contributed by atoms with Crippen molar-refractivity contribution in [1.82, 2.24) is 10.2 Å². The Hall–Kier alpha value is -1.65. The van der Waals surface area contributed by atoms with E-state index in [1.54, 1.807) is 6.08 Å². The Bertz CT molecular complexity index is 554. The van der Waals surface area contributed by atoms with E-state index in [1.165, 1.54) is 11.1 Å². The van der Waals surface area contributed by atoms with Crippen molar-refractivity contribution in [2.45, 2.75) is 53.0 Å². The molecule has 0 unspecified atom stereocenters. The van der Waals surface area contributed by atoms with Crippen LogP contribution in [0.3, 0.4) is 0 Å². The number of hydrogen-bond donors (Lipinski definition) is 1. The molecule has 0 radical (unpaired) electrons. The molecular weight excluding hydrogens is 288 g/mol. The van der Waals surface area contributed by atoms with Crippen molar-refractivity contribution >= 4 is 5.91 Å². The van der Waals surface area contributed by atoms with Crippen molar-refractivity contribution in [2.24, 2.45) is 0 Å². The number of morpholine rings is 1. The Labute approximate surface area is 139 Å². The second-order valence-corrected chi connectivity index (χ2v) is 6.66. The fourth-order valence-electron chi connectivity index (χ4n) is 3.03. The topological polar surface area (TPSA) is 41.6 Å². The molecule has 0 spiro atoms. The van der Waals surface area contributed by atoms with E-state index in [4.69, 9.17) is 4.74 Å². The molecule has 1 aliphatic rings. The Kier molecular flexibility index (Phi) is 6.37. The maximum atomic E-state index is 11.8. The number of nitrogens with one attached hydrogen (secondary N) is 1. The average molecular weight is 316 g/mol. The molecule has 1 aromatic carbocycles. The summed E-state index contributed by atoms with van der Waals surface area (Å²) in [4.78, 5) is 14.2. The molecule has 1 aromatic rings. The van der Waals surface area contributed by atoms with Gasteiger partial charge in [-0.25, -0.2) is 0 Å². The first kappa shape index (κ1) is 17.7. The summed E-state index contributed by atoms with van der Waals surface area (Å²) in [6.07, 6.45) is 2.17. The van der Waals surface area contributed by atoms with Crippen LogP contribution in [0.1, 0.15) is 38.8 Å². The summed E-state index contributed by atoms with van der Waals surface area (Å²) >= 11 is 0. The van der Waals surface area contributed by atoms with Gasteiger partial charge in [-0.15, -0.1) is 0 Å². The minimum atomic E-state index is -0.0339. The van der Waals surface area contributed by atoms with Crippen molar-refractivity contribution in [3.05, 3.63) is 47.0 Å². The highest BCUT2D eigenvalue weighted by Crippen LogP contribution is 2.17. The number of carbonyl (C=O) groups is 1. The van der Waals surface area contributed by atoms with Crippen LogP contribution in [0, 0.1) is 0 Å². The second-order valence-electron chi connectivity index (χ2n) is 6.66. The lowest BCUT2D eigenvalue weighted by Crippen LogP contribution is -2.45. The van der Waals surface area contributed by atoms with Gasteiger partial charge in [0.05, 0.1) is 12.2 Å². The number of hydrogen-bond acceptors (Lipinski definition) is 3. The van der Waals surface area contributed by atoms with Crippen LogP contribution < -0.4 is 5.32 Å². The maximum Gasteiger partial charge on any atom is 0.244 e. The lowest BCUT2D eigenvalue weighted by Gasteiger charge is -2.35. The summed E-state index contributed by atoms with van der Waals surface area (Å²) in [5.41, 5.74) is 3.45. The molecule has 1 aliphatic heterocycles. The average Bonchev–Trinajstić information content (AvgIpc) is 2.44. The predicted octanol–water partition coefficient (Wildman–Crippen LogP) is 2.88. The third-order valence-electron chi connectivity index (χ3n) is 3.88. The number of ether oxygens (including phenoxy) is 1. The van der Waals surface area contributed by atoms with Crippen LogP contribution in [0.2, 0.25) is 0 Å². The highest BCUT2D eigenvalue weighted by atomic mass is 16.5. The van der Waals surface area contributed by atoms with Gasteiger partial charge in [-0.1, -0.05) is 29.8 Å². The summed E-state index contributed by atoms with van der Waals surface area (Å²) in [5, 5.41) is 2.97. The summed E-state index contributed by atoms with van der Waals surface area (Å²) in [6.45, 7) is 11.4. The molecule has 1 saturated heterocycles. The fraction of sp³-hybridized carbons (Fsp3) is 0.526. The summed E-state index contributed by atoms with van der Waals surface area (Å²) < 4.78 is 5.80. The lowest BCUT2D eigenvalue weighted by molar-refractivity contribution is -0.116. The van der Waals surface area contributed by atoms with Crippen LogP contribution in [-0.4, -0.2) is 36.1 Å². The van der Waals surface area contributed by atoms with E-state index in [-0.39, 0.29) is 18.1 Å². The normalized spacial score (nSPS) is 21.7. The first-order valence-corrected chi connectivity index (χ1v) is 8.31. The smallest absolute Gasteiger partial charge is 0.244 e. The van der Waals surface area contributed by atoms with Crippen LogP contribution in [0.25, 0.3) is 0 Å². The van der Waals surface area contributed by atoms with Crippen LogP contribution >= 0.6 is 0 Å². The van der Waals surface area contributed by atoms with Gasteiger partial charge >= 0.3 is 0 Å². The van der Waals surface area contributed by atoms with Crippen molar-refractivity contribution in [1.29, 1.82) is 0 Å². The molecule has 0 saturated carbocycles. The molecule has 23 heavy (non-hydrogen) atoms. The van der Waals surface area contributed by atoms with Gasteiger partial charge in [0.15, 0.2) is 0 Å². The highest BCUT2D eigenvalue weighted by molar-refractivity contribution is 5.87. The standard InChI is InChI=1S/C19H28N2O2/c1-14(2)9-19(22)20-10-17-7-5-6-8-18(17)13-21-11-15(3)23-16(4)12-21/h5-9,15-16H,10-13H2,1-4H3,(H,20,22)/t15-,16-/m1/s1. The lowest BCUT2D eigenvalue weighted by atomic mass is 10.1. The van der Waals surface area contributed by atoms with Crippen LogP contribution in [0.5, 0.6) is 0 Å². The number of benzene rings is 1. The molecule has 1 N–H and O–H groups in total. The molecule has 0 bridgehead atoms. The summed E-state index contributed by atoms with van der Waals surface area (Å²) in [6, 6.07) is 8.32. The van der Waals surface area contributed by atoms with Crippen molar-refractivity contribution in [3.8, 4) is 0 Å². The zero-order valence-corrected chi connectivity index (χ0v) is 14.6. The Morgan fingerprint density at radius 1 is 1.22 bits per heavy atom. The predicted molar refractivity (Wildman–Crippen MR) is 93.0 cm³/mol. The van der Waals surface area contributed by atoms with Crippen molar-refractivity contribution in [2.75, 3.05) is 13.1 Å². The number of amides is 1. The monoisotopic (exact) mass is 316 g/mol. The Morgan fingerprint density at radius 2 is 1.83 bits per heavy atom. The first-order chi connectivity index (χ1) is 10.9. The molecule has 1 fully saturated rings. The van der Waals surface area contributed by atoms with E-state index < -0.39 is 0 Å². The van der Waals surface area contributed by atoms with E-state index in [2.05, 4.69) is 42.3 Å². The maximum absolute atomic E-state index is 11.8. The fourth-order valence-corrected chi connectivity index (χ4v) is 3.03. The number of rotatable bonds is 5. The summed E-state index contributed by atoms with van der Waals surface area (Å²) in [5.74, 6) is -0.0339. The zero-order valence-electron chi connectivity index (χ0n) is 14.6. The van der Waals surface area contributed by atoms with Crippen molar-refractivity contribution in [3.63, 3.8) is 0 Å². The molecule has 126 valence electrons. The molecule has 2 rings (SSSR count). The van der Waals surface area contributed by atoms with Gasteiger partial charge in [0.1, 0.15) is 0 Å². The zero-order chi connectivity index (χ0) is 16.8. The Morgan fingerprint density at radius 3 is 2.43 bits per heavy atom. The largest absolute Gasteiger partial charge is 0.373 e. The van der Waals surface area contributed by atoms with Gasteiger partial charge in [0.25, 0.3) is 0 Å². The van der Waals surface area contributed by atoms with E-state index in [1.807, 2.05) is 19.9 Å². The van der Waals surface area contributed by atoms with Gasteiger partial charge in [-0.05, 0) is 38.8 Å². The third kappa shape index (κ3) is 5.81. The molecule has 2 atom stereocenters. The van der Waals surface area contributed by atoms with Gasteiger partial charge in [0, 0.05) is 32.3 Å². The minimum Gasteiger partial charge on any atom is -0.373 e. The minimum absolute atomic E-state index is 0.0339. The van der Waals surface area contributed by atoms with E-state index in [0.717, 1.165) is 25.2 Å².